The number of benzene rings is 2. The molecule has 1 unspecified atom stereocenters. The number of hydrogen-bond acceptors (Lipinski definition) is 6. The van der Waals surface area contributed by atoms with Crippen LogP contribution in [0.4, 0.5) is 21.8 Å². The summed E-state index contributed by atoms with van der Waals surface area (Å²) in [6.45, 7) is 4.08. The van der Waals surface area contributed by atoms with Crippen LogP contribution in [0, 0.1) is 12.7 Å². The van der Waals surface area contributed by atoms with Crippen molar-refractivity contribution in [3.8, 4) is 0 Å². The first-order valence-electron chi connectivity index (χ1n) is 10.8. The average molecular weight is 435 g/mol. The van der Waals surface area contributed by atoms with Crippen molar-refractivity contribution in [1.82, 2.24) is 20.6 Å². The largest absolute Gasteiger partial charge is 0.350 e. The first kappa shape index (κ1) is 21.7. The van der Waals surface area contributed by atoms with Gasteiger partial charge >= 0.3 is 0 Å². The average Bonchev–Trinajstić information content (AvgIpc) is 2.81. The van der Waals surface area contributed by atoms with E-state index in [0.29, 0.717) is 29.4 Å². The molecule has 8 heteroatoms. The van der Waals surface area contributed by atoms with Crippen LogP contribution >= 0.6 is 0 Å². The number of amides is 1. The molecule has 1 fully saturated rings. The van der Waals surface area contributed by atoms with Gasteiger partial charge in [0.1, 0.15) is 11.6 Å². The van der Waals surface area contributed by atoms with E-state index in [-0.39, 0.29) is 17.8 Å². The summed E-state index contributed by atoms with van der Waals surface area (Å²) in [5.74, 6) is 0.796. The Morgan fingerprint density at radius 3 is 2.78 bits per heavy atom. The van der Waals surface area contributed by atoms with E-state index >= 15 is 0 Å². The van der Waals surface area contributed by atoms with E-state index in [2.05, 4.69) is 31.2 Å². The van der Waals surface area contributed by atoms with Crippen LogP contribution in [0.2, 0.25) is 0 Å². The Balaban J connectivity index is 1.31. The second-order valence-electron chi connectivity index (χ2n) is 7.92. The van der Waals surface area contributed by atoms with E-state index in [9.17, 15) is 9.18 Å². The van der Waals surface area contributed by atoms with Crippen LogP contribution in [0.25, 0.3) is 0 Å². The number of halogens is 1. The van der Waals surface area contributed by atoms with Crippen LogP contribution in [-0.4, -0.2) is 35.0 Å². The number of hydrogen-bond donors (Lipinski definition) is 4. The molecule has 0 saturated carbocycles. The van der Waals surface area contributed by atoms with Gasteiger partial charge in [0, 0.05) is 36.6 Å². The van der Waals surface area contributed by atoms with E-state index in [0.717, 1.165) is 37.2 Å². The smallest absolute Gasteiger partial charge is 0.251 e. The lowest BCUT2D eigenvalue weighted by Gasteiger charge is -2.23. The first-order chi connectivity index (χ1) is 15.6. The summed E-state index contributed by atoms with van der Waals surface area (Å²) in [5, 5.41) is 12.7. The summed E-state index contributed by atoms with van der Waals surface area (Å²) >= 11 is 0. The maximum atomic E-state index is 13.4. The third-order valence-corrected chi connectivity index (χ3v) is 5.38. The Morgan fingerprint density at radius 1 is 1.19 bits per heavy atom. The highest BCUT2D eigenvalue weighted by Crippen LogP contribution is 2.18. The van der Waals surface area contributed by atoms with E-state index in [1.807, 2.05) is 24.3 Å². The molecule has 1 aliphatic rings. The minimum Gasteiger partial charge on any atom is -0.350 e. The lowest BCUT2D eigenvalue weighted by atomic mass is 10.1. The Labute approximate surface area is 186 Å². The summed E-state index contributed by atoms with van der Waals surface area (Å²) in [5.41, 5.74) is 2.98. The molecule has 0 radical (unpaired) electrons. The van der Waals surface area contributed by atoms with Crippen molar-refractivity contribution in [3.63, 3.8) is 0 Å². The van der Waals surface area contributed by atoms with Gasteiger partial charge in [-0.3, -0.25) is 4.79 Å². The summed E-state index contributed by atoms with van der Waals surface area (Å²) in [4.78, 5) is 21.1. The topological polar surface area (TPSA) is 91.0 Å². The number of nitrogens with one attached hydrogen (secondary N) is 4. The highest BCUT2D eigenvalue weighted by atomic mass is 19.1. The van der Waals surface area contributed by atoms with Crippen molar-refractivity contribution in [2.75, 3.05) is 23.7 Å². The second kappa shape index (κ2) is 10.2. The molecule has 4 N–H and O–H groups in total. The molecule has 1 aliphatic heterocycles. The molecule has 0 spiro atoms. The predicted molar refractivity (Wildman–Crippen MR) is 124 cm³/mol. The maximum Gasteiger partial charge on any atom is 0.251 e. The van der Waals surface area contributed by atoms with E-state index in [1.54, 1.807) is 31.3 Å². The van der Waals surface area contributed by atoms with Gasteiger partial charge in [0.2, 0.25) is 5.95 Å². The number of carbonyl (C=O) groups is 1. The molecule has 2 aromatic carbocycles. The minimum absolute atomic E-state index is 0.0450. The van der Waals surface area contributed by atoms with Crippen LogP contribution in [0.1, 0.15) is 34.3 Å². The molecule has 0 bridgehead atoms. The van der Waals surface area contributed by atoms with Gasteiger partial charge in [0.25, 0.3) is 5.91 Å². The maximum absolute atomic E-state index is 13.4. The van der Waals surface area contributed by atoms with Crippen molar-refractivity contribution in [3.05, 3.63) is 77.2 Å². The summed E-state index contributed by atoms with van der Waals surface area (Å²) in [6, 6.07) is 14.3. The van der Waals surface area contributed by atoms with Crippen LogP contribution < -0.4 is 21.3 Å². The Kier molecular flexibility index (Phi) is 6.91. The molecule has 4 rings (SSSR count). The van der Waals surface area contributed by atoms with Crippen LogP contribution in [0.3, 0.4) is 0 Å². The zero-order chi connectivity index (χ0) is 22.3. The van der Waals surface area contributed by atoms with E-state index < -0.39 is 0 Å². The number of piperidine rings is 1. The van der Waals surface area contributed by atoms with Gasteiger partial charge in [-0.2, -0.15) is 4.98 Å². The lowest BCUT2D eigenvalue weighted by Crippen LogP contribution is -2.45. The SMILES string of the molecule is Cc1cc(Nc2ccnc(NCc3ccc(C(=O)NC4CCCNC4)cc3)n2)ccc1F. The van der Waals surface area contributed by atoms with Crippen molar-refractivity contribution in [2.45, 2.75) is 32.4 Å². The molecule has 0 aliphatic carbocycles. The number of aromatic nitrogens is 2. The standard InChI is InChI=1S/C24H27FN6O/c1-16-13-19(8-9-21(16)25)29-22-10-12-27-24(31-22)28-14-17-4-6-18(7-5-17)23(32)30-20-3-2-11-26-15-20/h4-10,12-13,20,26H,2-3,11,14-15H2,1H3,(H,30,32)(H2,27,28,29,31). The Morgan fingerprint density at radius 2 is 2.03 bits per heavy atom. The fraction of sp³-hybridized carbons (Fsp3) is 0.292. The molecule has 1 aromatic heterocycles. The first-order valence-corrected chi connectivity index (χ1v) is 10.8. The molecule has 3 aromatic rings. The zero-order valence-electron chi connectivity index (χ0n) is 18.0. The summed E-state index contributed by atoms with van der Waals surface area (Å²) in [6.07, 6.45) is 3.74. The number of rotatable bonds is 7. The van der Waals surface area contributed by atoms with Crippen LogP contribution in [-0.2, 0) is 6.54 Å². The monoisotopic (exact) mass is 434 g/mol. The molecular formula is C24H27FN6O. The third-order valence-electron chi connectivity index (χ3n) is 5.38. The van der Waals surface area contributed by atoms with Gasteiger partial charge in [-0.25, -0.2) is 9.37 Å². The van der Waals surface area contributed by atoms with Crippen LogP contribution in [0.5, 0.6) is 0 Å². The van der Waals surface area contributed by atoms with Gasteiger partial charge < -0.3 is 21.3 Å². The molecular weight excluding hydrogens is 407 g/mol. The highest BCUT2D eigenvalue weighted by Gasteiger charge is 2.16. The lowest BCUT2D eigenvalue weighted by molar-refractivity contribution is 0.0930. The van der Waals surface area contributed by atoms with Crippen LogP contribution in [0.15, 0.2) is 54.7 Å². The summed E-state index contributed by atoms with van der Waals surface area (Å²) < 4.78 is 13.4. The Bertz CT molecular complexity index is 1070. The van der Waals surface area contributed by atoms with Crippen molar-refractivity contribution in [1.29, 1.82) is 0 Å². The molecule has 1 saturated heterocycles. The summed E-state index contributed by atoms with van der Waals surface area (Å²) in [7, 11) is 0. The van der Waals surface area contributed by atoms with Gasteiger partial charge in [-0.05, 0) is 73.8 Å². The van der Waals surface area contributed by atoms with Crippen molar-refractivity contribution < 1.29 is 9.18 Å². The molecule has 1 amide bonds. The number of anilines is 3. The highest BCUT2D eigenvalue weighted by molar-refractivity contribution is 5.94. The van der Waals surface area contributed by atoms with E-state index in [1.165, 1.54) is 6.07 Å². The van der Waals surface area contributed by atoms with Gasteiger partial charge in [-0.15, -0.1) is 0 Å². The minimum atomic E-state index is -0.241. The molecule has 7 nitrogen and oxygen atoms in total. The number of nitrogens with zero attached hydrogens (tertiary/aromatic N) is 2. The number of aryl methyl sites for hydroxylation is 1. The van der Waals surface area contributed by atoms with Crippen molar-refractivity contribution >= 4 is 23.4 Å². The molecule has 1 atom stereocenters. The Hall–Kier alpha value is -3.52. The van der Waals surface area contributed by atoms with Gasteiger partial charge in [0.15, 0.2) is 0 Å². The fourth-order valence-electron chi connectivity index (χ4n) is 3.58. The van der Waals surface area contributed by atoms with Gasteiger partial charge in [-0.1, -0.05) is 12.1 Å². The normalized spacial score (nSPS) is 15.8. The van der Waals surface area contributed by atoms with Crippen molar-refractivity contribution in [2.24, 2.45) is 0 Å². The predicted octanol–water partition coefficient (Wildman–Crippen LogP) is 3.76. The quantitative estimate of drug-likeness (QED) is 0.453. The molecule has 166 valence electrons. The second-order valence-corrected chi connectivity index (χ2v) is 7.92. The van der Waals surface area contributed by atoms with Gasteiger partial charge in [0.05, 0.1) is 0 Å². The zero-order valence-corrected chi connectivity index (χ0v) is 18.0. The number of carbonyl (C=O) groups excluding carboxylic acids is 1. The van der Waals surface area contributed by atoms with E-state index in [4.69, 9.17) is 0 Å². The fourth-order valence-corrected chi connectivity index (χ4v) is 3.58. The third kappa shape index (κ3) is 5.79. The molecule has 2 heterocycles. The molecule has 32 heavy (non-hydrogen) atoms.